The molecule has 3 nitrogen and oxygen atoms in total. The summed E-state index contributed by atoms with van der Waals surface area (Å²) in [6.07, 6.45) is 1.96. The van der Waals surface area contributed by atoms with Gasteiger partial charge in [0, 0.05) is 12.5 Å². The maximum Gasteiger partial charge on any atom is 0.122 e. The van der Waals surface area contributed by atoms with Crippen LogP contribution in [0.3, 0.4) is 0 Å². The van der Waals surface area contributed by atoms with Crippen molar-refractivity contribution in [2.24, 2.45) is 0 Å². The number of nitrogens with one attached hydrogen (secondary N) is 1. The summed E-state index contributed by atoms with van der Waals surface area (Å²) in [6.45, 7) is 3.58. The number of ether oxygens (including phenoxy) is 1. The molecule has 1 aliphatic heterocycles. The Labute approximate surface area is 113 Å². The van der Waals surface area contributed by atoms with E-state index in [1.807, 2.05) is 24.3 Å². The zero-order chi connectivity index (χ0) is 13.1. The van der Waals surface area contributed by atoms with E-state index in [4.69, 9.17) is 9.15 Å². The van der Waals surface area contributed by atoms with E-state index in [2.05, 4.69) is 24.4 Å². The minimum Gasteiger partial charge on any atom is -0.492 e. The highest BCUT2D eigenvalue weighted by atomic mass is 16.5. The quantitative estimate of drug-likeness (QED) is 0.914. The van der Waals surface area contributed by atoms with Gasteiger partial charge < -0.3 is 14.5 Å². The molecule has 3 rings (SSSR count). The van der Waals surface area contributed by atoms with Gasteiger partial charge in [0.05, 0.1) is 6.54 Å². The molecule has 0 saturated heterocycles. The maximum atomic E-state index is 5.76. The third-order valence-corrected chi connectivity index (χ3v) is 3.51. The van der Waals surface area contributed by atoms with E-state index in [1.54, 1.807) is 0 Å². The predicted molar refractivity (Wildman–Crippen MR) is 74.4 cm³/mol. The smallest absolute Gasteiger partial charge is 0.122 e. The summed E-state index contributed by atoms with van der Waals surface area (Å²) in [4.78, 5) is 0. The van der Waals surface area contributed by atoms with Crippen LogP contribution in [0.4, 0.5) is 0 Å². The topological polar surface area (TPSA) is 34.4 Å². The first-order valence-corrected chi connectivity index (χ1v) is 6.87. The Bertz CT molecular complexity index is 547. The molecule has 3 heteroatoms. The summed E-state index contributed by atoms with van der Waals surface area (Å²) in [7, 11) is 0. The Hall–Kier alpha value is -1.74. The van der Waals surface area contributed by atoms with Crippen LogP contribution in [0.25, 0.3) is 0 Å². The summed E-state index contributed by atoms with van der Waals surface area (Å²) in [5, 5.41) is 3.50. The zero-order valence-electron chi connectivity index (χ0n) is 11.2. The molecule has 1 atom stereocenters. The Morgan fingerprint density at radius 2 is 2.00 bits per heavy atom. The van der Waals surface area contributed by atoms with E-state index >= 15 is 0 Å². The third-order valence-electron chi connectivity index (χ3n) is 3.51. The van der Waals surface area contributed by atoms with E-state index in [0.717, 1.165) is 43.3 Å². The molecule has 0 bridgehead atoms. The lowest BCUT2D eigenvalue weighted by atomic mass is 10.0. The first-order valence-electron chi connectivity index (χ1n) is 6.87. The van der Waals surface area contributed by atoms with E-state index < -0.39 is 0 Å². The van der Waals surface area contributed by atoms with Crippen molar-refractivity contribution in [3.63, 3.8) is 0 Å². The summed E-state index contributed by atoms with van der Waals surface area (Å²) in [5.74, 6) is 3.06. The van der Waals surface area contributed by atoms with Crippen LogP contribution in [0, 0.1) is 0 Å². The van der Waals surface area contributed by atoms with Gasteiger partial charge in [0.25, 0.3) is 0 Å². The molecule has 0 radical (unpaired) electrons. The molecular formula is C16H19NO2. The molecule has 0 spiro atoms. The molecule has 19 heavy (non-hydrogen) atoms. The molecule has 2 aromatic rings. The SMILES string of the molecule is CCc1ccc(CN[C@H]2COc3ccccc3C2)o1. The Balaban J connectivity index is 1.57. The summed E-state index contributed by atoms with van der Waals surface area (Å²) in [6, 6.07) is 12.7. The molecule has 100 valence electrons. The molecule has 0 saturated carbocycles. The highest BCUT2D eigenvalue weighted by Crippen LogP contribution is 2.24. The highest BCUT2D eigenvalue weighted by Gasteiger charge is 2.19. The fraction of sp³-hybridized carbons (Fsp3) is 0.375. The van der Waals surface area contributed by atoms with Crippen LogP contribution < -0.4 is 10.1 Å². The molecule has 2 heterocycles. The molecule has 1 N–H and O–H groups in total. The minimum absolute atomic E-state index is 0.352. The first kappa shape index (κ1) is 12.3. The predicted octanol–water partition coefficient (Wildman–Crippen LogP) is 2.94. The van der Waals surface area contributed by atoms with Crippen LogP contribution in [-0.2, 0) is 19.4 Å². The second kappa shape index (κ2) is 5.49. The zero-order valence-corrected chi connectivity index (χ0v) is 11.2. The fourth-order valence-electron chi connectivity index (χ4n) is 2.41. The summed E-state index contributed by atoms with van der Waals surface area (Å²) >= 11 is 0. The first-order chi connectivity index (χ1) is 9.35. The lowest BCUT2D eigenvalue weighted by Crippen LogP contribution is -2.38. The molecule has 0 aliphatic carbocycles. The lowest BCUT2D eigenvalue weighted by molar-refractivity contribution is 0.235. The number of benzene rings is 1. The van der Waals surface area contributed by atoms with E-state index in [1.165, 1.54) is 5.56 Å². The summed E-state index contributed by atoms with van der Waals surface area (Å²) < 4.78 is 11.4. The van der Waals surface area contributed by atoms with Gasteiger partial charge >= 0.3 is 0 Å². The van der Waals surface area contributed by atoms with Gasteiger partial charge in [-0.3, -0.25) is 0 Å². The van der Waals surface area contributed by atoms with Crippen LogP contribution in [-0.4, -0.2) is 12.6 Å². The molecule has 1 aromatic carbocycles. The largest absolute Gasteiger partial charge is 0.492 e. The van der Waals surface area contributed by atoms with Gasteiger partial charge in [0.2, 0.25) is 0 Å². The number of para-hydroxylation sites is 1. The van der Waals surface area contributed by atoms with Crippen LogP contribution in [0.15, 0.2) is 40.8 Å². The molecule has 0 unspecified atom stereocenters. The average molecular weight is 257 g/mol. The number of fused-ring (bicyclic) bond motifs is 1. The lowest BCUT2D eigenvalue weighted by Gasteiger charge is -2.25. The van der Waals surface area contributed by atoms with Crippen LogP contribution in [0.1, 0.15) is 24.0 Å². The minimum atomic E-state index is 0.352. The number of hydrogen-bond acceptors (Lipinski definition) is 3. The normalized spacial score (nSPS) is 17.8. The van der Waals surface area contributed by atoms with Gasteiger partial charge in [-0.15, -0.1) is 0 Å². The summed E-state index contributed by atoms with van der Waals surface area (Å²) in [5.41, 5.74) is 1.28. The van der Waals surface area contributed by atoms with E-state index in [-0.39, 0.29) is 0 Å². The maximum absolute atomic E-state index is 5.76. The van der Waals surface area contributed by atoms with Crippen LogP contribution >= 0.6 is 0 Å². The number of furan rings is 1. The Morgan fingerprint density at radius 3 is 2.84 bits per heavy atom. The van der Waals surface area contributed by atoms with Crippen molar-refractivity contribution in [3.05, 3.63) is 53.5 Å². The monoisotopic (exact) mass is 257 g/mol. The van der Waals surface area contributed by atoms with Crippen molar-refractivity contribution in [3.8, 4) is 5.75 Å². The van der Waals surface area contributed by atoms with Gasteiger partial charge in [-0.1, -0.05) is 25.1 Å². The average Bonchev–Trinajstić information content (AvgIpc) is 2.93. The number of hydrogen-bond donors (Lipinski definition) is 1. The van der Waals surface area contributed by atoms with Gasteiger partial charge in [0.15, 0.2) is 0 Å². The van der Waals surface area contributed by atoms with Crippen LogP contribution in [0.5, 0.6) is 5.75 Å². The molecule has 1 aliphatic rings. The Morgan fingerprint density at radius 1 is 1.16 bits per heavy atom. The van der Waals surface area contributed by atoms with Crippen molar-refractivity contribution in [2.45, 2.75) is 32.4 Å². The molecule has 1 aromatic heterocycles. The highest BCUT2D eigenvalue weighted by molar-refractivity contribution is 5.35. The van der Waals surface area contributed by atoms with Crippen molar-refractivity contribution in [2.75, 3.05) is 6.61 Å². The number of aryl methyl sites for hydroxylation is 1. The standard InChI is InChI=1S/C16H19NO2/c1-2-14-7-8-15(19-14)10-17-13-9-12-5-3-4-6-16(12)18-11-13/h3-8,13,17H,2,9-11H2,1H3/t13-/m1/s1. The van der Waals surface area contributed by atoms with Gasteiger partial charge in [-0.25, -0.2) is 0 Å². The fourth-order valence-corrected chi connectivity index (χ4v) is 2.41. The van der Waals surface area contributed by atoms with E-state index in [0.29, 0.717) is 6.04 Å². The second-order valence-electron chi connectivity index (χ2n) is 4.92. The van der Waals surface area contributed by atoms with Crippen LogP contribution in [0.2, 0.25) is 0 Å². The molecule has 0 fully saturated rings. The number of rotatable bonds is 4. The molecule has 0 amide bonds. The van der Waals surface area contributed by atoms with Gasteiger partial charge in [-0.05, 0) is 30.2 Å². The van der Waals surface area contributed by atoms with Crippen molar-refractivity contribution in [1.82, 2.24) is 5.32 Å². The van der Waals surface area contributed by atoms with Gasteiger partial charge in [0.1, 0.15) is 23.9 Å². The van der Waals surface area contributed by atoms with E-state index in [9.17, 15) is 0 Å². The van der Waals surface area contributed by atoms with Crippen molar-refractivity contribution >= 4 is 0 Å². The third kappa shape index (κ3) is 2.82. The van der Waals surface area contributed by atoms with Crippen molar-refractivity contribution in [1.29, 1.82) is 0 Å². The molecular weight excluding hydrogens is 238 g/mol. The second-order valence-corrected chi connectivity index (χ2v) is 4.92. The van der Waals surface area contributed by atoms with Crippen molar-refractivity contribution < 1.29 is 9.15 Å². The van der Waals surface area contributed by atoms with Gasteiger partial charge in [-0.2, -0.15) is 0 Å². The Kier molecular flexibility index (Phi) is 3.56.